The smallest absolute Gasteiger partial charge is 0.136 e. The van der Waals surface area contributed by atoms with Crippen molar-refractivity contribution in [2.75, 3.05) is 0 Å². The third kappa shape index (κ3) is 3.62. The summed E-state index contributed by atoms with van der Waals surface area (Å²) in [5.74, 6) is 0. The number of rotatable bonds is 2. The van der Waals surface area contributed by atoms with Crippen molar-refractivity contribution < 1.29 is 4.42 Å². The third-order valence-electron chi connectivity index (χ3n) is 11.4. The van der Waals surface area contributed by atoms with Crippen molar-refractivity contribution in [1.29, 1.82) is 0 Å². The van der Waals surface area contributed by atoms with Crippen LogP contribution >= 0.6 is 0 Å². The fraction of sp³-hybridized carbons (Fsp3) is 0.0612. The van der Waals surface area contributed by atoms with Gasteiger partial charge in [-0.2, -0.15) is 0 Å². The van der Waals surface area contributed by atoms with Gasteiger partial charge in [0.05, 0.1) is 0 Å². The van der Waals surface area contributed by atoms with Crippen LogP contribution < -0.4 is 0 Å². The molecule has 0 unspecified atom stereocenters. The van der Waals surface area contributed by atoms with Crippen LogP contribution in [0.1, 0.15) is 25.0 Å². The van der Waals surface area contributed by atoms with E-state index in [0.29, 0.717) is 0 Å². The molecule has 0 aliphatic heterocycles. The minimum Gasteiger partial charge on any atom is -0.456 e. The molecule has 0 fully saturated rings. The molecule has 11 rings (SSSR count). The molecule has 9 aromatic carbocycles. The molecule has 0 saturated carbocycles. The van der Waals surface area contributed by atoms with E-state index < -0.39 is 0 Å². The third-order valence-corrected chi connectivity index (χ3v) is 11.4. The van der Waals surface area contributed by atoms with Crippen LogP contribution in [0.4, 0.5) is 0 Å². The van der Waals surface area contributed by atoms with Gasteiger partial charge in [0.25, 0.3) is 0 Å². The fourth-order valence-electron chi connectivity index (χ4n) is 9.19. The first-order chi connectivity index (χ1) is 24.6. The lowest BCUT2D eigenvalue weighted by Gasteiger charge is -2.24. The van der Waals surface area contributed by atoms with Gasteiger partial charge in [-0.3, -0.25) is 0 Å². The summed E-state index contributed by atoms with van der Waals surface area (Å²) in [6, 6.07) is 58.1. The largest absolute Gasteiger partial charge is 0.456 e. The lowest BCUT2D eigenvalue weighted by Crippen LogP contribution is -2.15. The summed E-state index contributed by atoms with van der Waals surface area (Å²) in [7, 11) is 0. The second kappa shape index (κ2) is 9.94. The minimum atomic E-state index is -0.113. The van der Waals surface area contributed by atoms with E-state index >= 15 is 0 Å². The molecular formula is C49H32O. The molecule has 234 valence electrons. The van der Waals surface area contributed by atoms with Gasteiger partial charge in [0.1, 0.15) is 11.2 Å². The highest BCUT2D eigenvalue weighted by Gasteiger charge is 2.37. The van der Waals surface area contributed by atoms with Gasteiger partial charge in [0.15, 0.2) is 0 Å². The van der Waals surface area contributed by atoms with Crippen LogP contribution in [0.3, 0.4) is 0 Å². The maximum absolute atomic E-state index is 6.58. The van der Waals surface area contributed by atoms with Crippen molar-refractivity contribution >= 4 is 65.0 Å². The van der Waals surface area contributed by atoms with Crippen molar-refractivity contribution in [3.05, 3.63) is 169 Å². The second-order valence-corrected chi connectivity index (χ2v) is 14.4. The van der Waals surface area contributed by atoms with Gasteiger partial charge in [-0.15, -0.1) is 0 Å². The standard InChI is InChI=1S/C49H32O/c1-49(2)41-24-12-11-22-37(41)47-32-17-6-5-16-31(32)39(28-42(47)49)46-35-20-9-7-18-33(35)45(34-19-8-10-21-36(34)46)38-23-13-25-43-48(38)40-26-29-14-3-4-15-30(29)27-44(40)50-43/h3-28H,1-2H3. The van der Waals surface area contributed by atoms with Crippen LogP contribution in [0.15, 0.2) is 162 Å². The van der Waals surface area contributed by atoms with Crippen LogP contribution in [0.5, 0.6) is 0 Å². The number of furan rings is 1. The summed E-state index contributed by atoms with van der Waals surface area (Å²) in [6.07, 6.45) is 0. The van der Waals surface area contributed by atoms with E-state index in [-0.39, 0.29) is 5.41 Å². The first-order valence-electron chi connectivity index (χ1n) is 17.5. The van der Waals surface area contributed by atoms with E-state index in [4.69, 9.17) is 4.42 Å². The average molecular weight is 637 g/mol. The van der Waals surface area contributed by atoms with Crippen molar-refractivity contribution in [3.8, 4) is 33.4 Å². The highest BCUT2D eigenvalue weighted by atomic mass is 16.3. The maximum Gasteiger partial charge on any atom is 0.136 e. The molecule has 1 aliphatic rings. The van der Waals surface area contributed by atoms with E-state index in [1.165, 1.54) is 93.0 Å². The Labute approximate surface area is 290 Å². The molecule has 1 heterocycles. The molecule has 50 heavy (non-hydrogen) atoms. The highest BCUT2D eigenvalue weighted by molar-refractivity contribution is 6.28. The Hall–Kier alpha value is -6.18. The SMILES string of the molecule is CC1(C)c2ccccc2-c2c1cc(-c1c3ccccc3c(-c3cccc4oc5cc6ccccc6cc5c34)c3ccccc13)c1ccccc21. The molecule has 10 aromatic rings. The number of fused-ring (bicyclic) bond motifs is 11. The lowest BCUT2D eigenvalue weighted by molar-refractivity contribution is 0.661. The Morgan fingerprint density at radius 1 is 0.360 bits per heavy atom. The molecule has 0 N–H and O–H groups in total. The molecule has 1 heteroatoms. The molecule has 0 saturated heterocycles. The quantitative estimate of drug-likeness (QED) is 0.172. The second-order valence-electron chi connectivity index (χ2n) is 14.4. The van der Waals surface area contributed by atoms with Crippen LogP contribution in [-0.4, -0.2) is 0 Å². The first kappa shape index (κ1) is 27.7. The van der Waals surface area contributed by atoms with E-state index in [1.54, 1.807) is 0 Å². The topological polar surface area (TPSA) is 13.1 Å². The molecule has 0 bridgehead atoms. The van der Waals surface area contributed by atoms with Gasteiger partial charge in [-0.05, 0) is 112 Å². The normalized spacial score (nSPS) is 13.6. The number of hydrogen-bond acceptors (Lipinski definition) is 1. The van der Waals surface area contributed by atoms with Crippen LogP contribution in [0.25, 0.3) is 98.4 Å². The summed E-state index contributed by atoms with van der Waals surface area (Å²) < 4.78 is 6.58. The zero-order valence-electron chi connectivity index (χ0n) is 27.9. The van der Waals surface area contributed by atoms with E-state index in [9.17, 15) is 0 Å². The van der Waals surface area contributed by atoms with Crippen molar-refractivity contribution in [2.24, 2.45) is 0 Å². The molecule has 0 atom stereocenters. The predicted octanol–water partition coefficient (Wildman–Crippen LogP) is 13.8. The van der Waals surface area contributed by atoms with Crippen molar-refractivity contribution in [1.82, 2.24) is 0 Å². The molecule has 1 aliphatic carbocycles. The van der Waals surface area contributed by atoms with E-state index in [0.717, 1.165) is 16.6 Å². The van der Waals surface area contributed by atoms with Crippen LogP contribution in [0, 0.1) is 0 Å². The molecule has 0 spiro atoms. The Kier molecular flexibility index (Phi) is 5.51. The number of hydrogen-bond donors (Lipinski definition) is 0. The molecule has 0 radical (unpaired) electrons. The van der Waals surface area contributed by atoms with E-state index in [2.05, 4.69) is 172 Å². The summed E-state index contributed by atoms with van der Waals surface area (Å²) in [6.45, 7) is 4.77. The zero-order valence-corrected chi connectivity index (χ0v) is 27.9. The van der Waals surface area contributed by atoms with Gasteiger partial charge in [0, 0.05) is 16.2 Å². The van der Waals surface area contributed by atoms with Gasteiger partial charge in [-0.1, -0.05) is 147 Å². The number of benzene rings is 9. The maximum atomic E-state index is 6.58. The minimum absolute atomic E-state index is 0.113. The Bertz CT molecular complexity index is 3010. The van der Waals surface area contributed by atoms with Gasteiger partial charge in [0.2, 0.25) is 0 Å². The van der Waals surface area contributed by atoms with Gasteiger partial charge in [-0.25, -0.2) is 0 Å². The summed E-state index contributed by atoms with van der Waals surface area (Å²) in [5.41, 5.74) is 12.3. The first-order valence-corrected chi connectivity index (χ1v) is 17.5. The molecule has 1 aromatic heterocycles. The average Bonchev–Trinajstić information content (AvgIpc) is 3.64. The summed E-state index contributed by atoms with van der Waals surface area (Å²) >= 11 is 0. The summed E-state index contributed by atoms with van der Waals surface area (Å²) in [4.78, 5) is 0. The molecular weight excluding hydrogens is 605 g/mol. The van der Waals surface area contributed by atoms with Crippen molar-refractivity contribution in [2.45, 2.75) is 19.3 Å². The Morgan fingerprint density at radius 2 is 0.880 bits per heavy atom. The van der Waals surface area contributed by atoms with Gasteiger partial charge >= 0.3 is 0 Å². The van der Waals surface area contributed by atoms with Gasteiger partial charge < -0.3 is 4.42 Å². The lowest BCUT2D eigenvalue weighted by atomic mass is 9.79. The molecule has 1 nitrogen and oxygen atoms in total. The summed E-state index contributed by atoms with van der Waals surface area (Å²) in [5, 5.41) is 12.3. The highest BCUT2D eigenvalue weighted by Crippen LogP contribution is 2.55. The zero-order chi connectivity index (χ0) is 33.1. The van der Waals surface area contributed by atoms with E-state index in [1.807, 2.05) is 0 Å². The molecule has 0 amide bonds. The Balaban J connectivity index is 1.28. The predicted molar refractivity (Wildman–Crippen MR) is 212 cm³/mol. The van der Waals surface area contributed by atoms with Crippen molar-refractivity contribution in [3.63, 3.8) is 0 Å². The Morgan fingerprint density at radius 3 is 1.56 bits per heavy atom. The van der Waals surface area contributed by atoms with Crippen LogP contribution in [-0.2, 0) is 5.41 Å². The fourth-order valence-corrected chi connectivity index (χ4v) is 9.19. The van der Waals surface area contributed by atoms with Crippen LogP contribution in [0.2, 0.25) is 0 Å². The monoisotopic (exact) mass is 636 g/mol.